The molecular weight excluding hydrogens is 440 g/mol. The fourth-order valence-electron chi connectivity index (χ4n) is 4.24. The number of aromatic nitrogens is 1. The molecule has 1 unspecified atom stereocenters. The van der Waals surface area contributed by atoms with Gasteiger partial charge in [0.1, 0.15) is 5.60 Å². The lowest BCUT2D eigenvalue weighted by Crippen LogP contribution is -2.40. The van der Waals surface area contributed by atoms with Gasteiger partial charge in [-0.3, -0.25) is 9.78 Å². The van der Waals surface area contributed by atoms with Crippen molar-refractivity contribution in [1.29, 1.82) is 5.41 Å². The van der Waals surface area contributed by atoms with E-state index < -0.39 is 11.7 Å². The molecule has 1 atom stereocenters. The standard InChI is InChI=1S/C28H38N4O3/c1-19(32(5)27(34)35-28(2,3)4)17-24(29)25-16-15-23(18-30-25)31-26(33)22-13-11-21(12-14-22)20-9-7-6-8-10-20/h11-16,18-20,29H,6-10,17H2,1-5H3,(H,31,33). The van der Waals surface area contributed by atoms with Gasteiger partial charge in [-0.1, -0.05) is 31.4 Å². The predicted octanol–water partition coefficient (Wildman–Crippen LogP) is 6.39. The number of rotatable bonds is 7. The van der Waals surface area contributed by atoms with Gasteiger partial charge >= 0.3 is 6.09 Å². The lowest BCUT2D eigenvalue weighted by atomic mass is 9.84. The Balaban J connectivity index is 1.54. The molecule has 1 fully saturated rings. The molecule has 1 aliphatic rings. The van der Waals surface area contributed by atoms with E-state index in [1.807, 2.05) is 39.8 Å². The lowest BCUT2D eigenvalue weighted by Gasteiger charge is -2.28. The Morgan fingerprint density at radius 3 is 2.34 bits per heavy atom. The molecule has 0 radical (unpaired) electrons. The SMILES string of the molecule is CC(CC(=N)c1ccc(NC(=O)c2ccc(C3CCCCC3)cc2)cn1)N(C)C(=O)OC(C)(C)C. The number of hydrogen-bond acceptors (Lipinski definition) is 5. The van der Waals surface area contributed by atoms with Crippen LogP contribution in [0, 0.1) is 5.41 Å². The maximum atomic E-state index is 12.7. The number of amides is 2. The maximum Gasteiger partial charge on any atom is 0.410 e. The Morgan fingerprint density at radius 2 is 1.77 bits per heavy atom. The van der Waals surface area contributed by atoms with E-state index in [0.29, 0.717) is 35.0 Å². The number of nitrogens with one attached hydrogen (secondary N) is 2. The van der Waals surface area contributed by atoms with Crippen LogP contribution in [0.3, 0.4) is 0 Å². The highest BCUT2D eigenvalue weighted by atomic mass is 16.6. The van der Waals surface area contributed by atoms with Gasteiger partial charge in [0.15, 0.2) is 0 Å². The number of carbonyl (C=O) groups is 2. The van der Waals surface area contributed by atoms with E-state index in [4.69, 9.17) is 10.1 Å². The molecule has 0 bridgehead atoms. The minimum absolute atomic E-state index is 0.183. The van der Waals surface area contributed by atoms with E-state index in [-0.39, 0.29) is 11.9 Å². The largest absolute Gasteiger partial charge is 0.444 e. The molecule has 1 aromatic heterocycles. The Bertz CT molecular complexity index is 1020. The van der Waals surface area contributed by atoms with E-state index in [2.05, 4.69) is 22.4 Å². The van der Waals surface area contributed by atoms with Crippen LogP contribution >= 0.6 is 0 Å². The summed E-state index contributed by atoms with van der Waals surface area (Å²) in [5.41, 5.74) is 2.74. The minimum atomic E-state index is -0.572. The normalized spacial score (nSPS) is 15.2. The van der Waals surface area contributed by atoms with Crippen LogP contribution in [-0.2, 0) is 4.74 Å². The molecule has 1 heterocycles. The summed E-state index contributed by atoms with van der Waals surface area (Å²) < 4.78 is 5.39. The van der Waals surface area contributed by atoms with E-state index in [1.165, 1.54) is 42.6 Å². The second kappa shape index (κ2) is 11.5. The zero-order valence-electron chi connectivity index (χ0n) is 21.6. The summed E-state index contributed by atoms with van der Waals surface area (Å²) in [5.74, 6) is 0.428. The molecule has 7 heteroatoms. The van der Waals surface area contributed by atoms with Gasteiger partial charge in [0.25, 0.3) is 5.91 Å². The van der Waals surface area contributed by atoms with E-state index >= 15 is 0 Å². The molecule has 0 spiro atoms. The van der Waals surface area contributed by atoms with Crippen LogP contribution in [0.4, 0.5) is 10.5 Å². The average molecular weight is 479 g/mol. The molecule has 2 amide bonds. The molecular formula is C28H38N4O3. The van der Waals surface area contributed by atoms with Crippen LogP contribution < -0.4 is 5.32 Å². The van der Waals surface area contributed by atoms with Crippen molar-refractivity contribution < 1.29 is 14.3 Å². The van der Waals surface area contributed by atoms with Crippen molar-refractivity contribution in [3.05, 3.63) is 59.4 Å². The smallest absolute Gasteiger partial charge is 0.410 e. The Morgan fingerprint density at radius 1 is 1.11 bits per heavy atom. The van der Waals surface area contributed by atoms with Gasteiger partial charge in [-0.15, -0.1) is 0 Å². The maximum absolute atomic E-state index is 12.7. The highest BCUT2D eigenvalue weighted by molar-refractivity contribution is 6.04. The fourth-order valence-corrected chi connectivity index (χ4v) is 4.24. The summed E-state index contributed by atoms with van der Waals surface area (Å²) in [6.07, 6.45) is 7.83. The molecule has 188 valence electrons. The monoisotopic (exact) mass is 478 g/mol. The zero-order valence-corrected chi connectivity index (χ0v) is 21.6. The summed E-state index contributed by atoms with van der Waals surface area (Å²) >= 11 is 0. The van der Waals surface area contributed by atoms with E-state index in [0.717, 1.165) is 0 Å². The van der Waals surface area contributed by atoms with Crippen LogP contribution in [0.15, 0.2) is 42.6 Å². The topological polar surface area (TPSA) is 95.4 Å². The van der Waals surface area contributed by atoms with Gasteiger partial charge in [0.2, 0.25) is 0 Å². The van der Waals surface area contributed by atoms with Crippen molar-refractivity contribution in [1.82, 2.24) is 9.88 Å². The number of benzene rings is 1. The first-order chi connectivity index (χ1) is 16.5. The Labute approximate surface area is 208 Å². The van der Waals surface area contributed by atoms with Crippen molar-refractivity contribution in [2.45, 2.75) is 83.8 Å². The zero-order chi connectivity index (χ0) is 25.6. The van der Waals surface area contributed by atoms with Crippen LogP contribution in [0.25, 0.3) is 0 Å². The van der Waals surface area contributed by atoms with Gasteiger partial charge in [-0.05, 0) is 76.3 Å². The van der Waals surface area contributed by atoms with Gasteiger partial charge in [0, 0.05) is 25.1 Å². The predicted molar refractivity (Wildman–Crippen MR) is 139 cm³/mol. The van der Waals surface area contributed by atoms with Crippen molar-refractivity contribution in [3.63, 3.8) is 0 Å². The van der Waals surface area contributed by atoms with Crippen molar-refractivity contribution in [2.24, 2.45) is 0 Å². The van der Waals surface area contributed by atoms with Crippen LogP contribution in [0.2, 0.25) is 0 Å². The average Bonchev–Trinajstić information content (AvgIpc) is 2.83. The number of pyridine rings is 1. The van der Waals surface area contributed by atoms with Crippen LogP contribution in [0.1, 0.15) is 93.8 Å². The first kappa shape index (κ1) is 26.4. The van der Waals surface area contributed by atoms with Crippen molar-refractivity contribution in [3.8, 4) is 0 Å². The molecule has 1 aliphatic carbocycles. The molecule has 2 N–H and O–H groups in total. The van der Waals surface area contributed by atoms with Crippen LogP contribution in [-0.4, -0.2) is 46.3 Å². The van der Waals surface area contributed by atoms with Gasteiger partial charge in [-0.2, -0.15) is 0 Å². The summed E-state index contributed by atoms with van der Waals surface area (Å²) in [4.78, 5) is 30.8. The van der Waals surface area contributed by atoms with Crippen molar-refractivity contribution >= 4 is 23.4 Å². The molecule has 0 aliphatic heterocycles. The van der Waals surface area contributed by atoms with E-state index in [1.54, 1.807) is 25.4 Å². The number of hydrogen-bond donors (Lipinski definition) is 2. The van der Waals surface area contributed by atoms with Crippen molar-refractivity contribution in [2.75, 3.05) is 12.4 Å². The summed E-state index contributed by atoms with van der Waals surface area (Å²) in [6, 6.07) is 11.2. The molecule has 2 aromatic rings. The highest BCUT2D eigenvalue weighted by Crippen LogP contribution is 2.32. The molecule has 1 saturated carbocycles. The number of anilines is 1. The molecule has 7 nitrogen and oxygen atoms in total. The van der Waals surface area contributed by atoms with Gasteiger partial charge in [0.05, 0.1) is 23.3 Å². The second-order valence-corrected chi connectivity index (χ2v) is 10.5. The molecule has 1 aromatic carbocycles. The van der Waals surface area contributed by atoms with Crippen LogP contribution in [0.5, 0.6) is 0 Å². The number of ether oxygens (including phenoxy) is 1. The minimum Gasteiger partial charge on any atom is -0.444 e. The third-order valence-corrected chi connectivity index (χ3v) is 6.42. The summed E-state index contributed by atoms with van der Waals surface area (Å²) in [5, 5.41) is 11.3. The quantitative estimate of drug-likeness (QED) is 0.450. The number of carbonyl (C=O) groups excluding carboxylic acids is 2. The van der Waals surface area contributed by atoms with Gasteiger partial charge < -0.3 is 20.4 Å². The number of nitrogens with zero attached hydrogens (tertiary/aromatic N) is 2. The fraction of sp³-hybridized carbons (Fsp3) is 0.500. The summed E-state index contributed by atoms with van der Waals surface area (Å²) in [7, 11) is 1.67. The third-order valence-electron chi connectivity index (χ3n) is 6.42. The Kier molecular flexibility index (Phi) is 8.65. The van der Waals surface area contributed by atoms with Gasteiger partial charge in [-0.25, -0.2) is 4.79 Å². The molecule has 35 heavy (non-hydrogen) atoms. The van der Waals surface area contributed by atoms with E-state index in [9.17, 15) is 9.59 Å². The lowest BCUT2D eigenvalue weighted by molar-refractivity contribution is 0.0241. The first-order valence-electron chi connectivity index (χ1n) is 12.4. The molecule has 0 saturated heterocycles. The summed E-state index contributed by atoms with van der Waals surface area (Å²) in [6.45, 7) is 7.33. The highest BCUT2D eigenvalue weighted by Gasteiger charge is 2.24. The second-order valence-electron chi connectivity index (χ2n) is 10.5. The molecule has 3 rings (SSSR count). The first-order valence-corrected chi connectivity index (χ1v) is 12.4. The third kappa shape index (κ3) is 7.64. The Hall–Kier alpha value is -3.22.